The Morgan fingerprint density at radius 1 is 0.970 bits per heavy atom. The number of anilines is 1. The number of thiazole rings is 1. The number of phenols is 1. The van der Waals surface area contributed by atoms with Crippen LogP contribution in [0.3, 0.4) is 0 Å². The number of aromatic carboxylic acids is 2. The van der Waals surface area contributed by atoms with E-state index >= 15 is 0 Å². The fourth-order valence-corrected chi connectivity index (χ4v) is 3.91. The number of hydrogen-bond acceptors (Lipinski definition) is 8. The van der Waals surface area contributed by atoms with Crippen molar-refractivity contribution in [3.05, 3.63) is 39.9 Å². The number of hydrogen-bond donors (Lipinski definition) is 5. The first-order valence-electron chi connectivity index (χ1n) is 10.1. The van der Waals surface area contributed by atoms with Crippen LogP contribution in [0.2, 0.25) is 0 Å². The van der Waals surface area contributed by atoms with E-state index in [1.54, 1.807) is 0 Å². The van der Waals surface area contributed by atoms with Gasteiger partial charge in [0.2, 0.25) is 0 Å². The van der Waals surface area contributed by atoms with Crippen LogP contribution in [0.5, 0.6) is 5.75 Å². The van der Waals surface area contributed by atoms with Crippen molar-refractivity contribution < 1.29 is 34.5 Å². The van der Waals surface area contributed by atoms with E-state index in [1.165, 1.54) is 5.38 Å². The van der Waals surface area contributed by atoms with Gasteiger partial charge in [-0.15, -0.1) is 11.3 Å². The summed E-state index contributed by atoms with van der Waals surface area (Å²) in [6, 6.07) is 2.11. The molecule has 0 aliphatic rings. The van der Waals surface area contributed by atoms with Crippen molar-refractivity contribution in [2.45, 2.75) is 39.8 Å². The van der Waals surface area contributed by atoms with Gasteiger partial charge in [0.15, 0.2) is 5.13 Å². The maximum Gasteiger partial charge on any atom is 0.336 e. The third-order valence-corrected chi connectivity index (χ3v) is 5.54. The number of rotatable bonds is 10. The molecule has 0 bridgehead atoms. The van der Waals surface area contributed by atoms with Gasteiger partial charge in [-0.1, -0.05) is 0 Å². The van der Waals surface area contributed by atoms with Crippen LogP contribution < -0.4 is 10.6 Å². The van der Waals surface area contributed by atoms with E-state index in [4.69, 9.17) is 5.11 Å². The van der Waals surface area contributed by atoms with E-state index in [0.717, 1.165) is 17.4 Å². The topological polar surface area (TPSA) is 169 Å². The second-order valence-corrected chi connectivity index (χ2v) is 8.56. The fraction of sp³-hybridized carbons (Fsp3) is 0.381. The van der Waals surface area contributed by atoms with Gasteiger partial charge in [0.05, 0.1) is 16.7 Å². The number of nitrogens with one attached hydrogen (secondary N) is 2. The first kappa shape index (κ1) is 25.7. The van der Waals surface area contributed by atoms with Gasteiger partial charge in [-0.25, -0.2) is 14.6 Å². The molecular weight excluding hydrogens is 452 g/mol. The lowest BCUT2D eigenvalue weighted by Crippen LogP contribution is -2.42. The maximum absolute atomic E-state index is 12.5. The van der Waals surface area contributed by atoms with Crippen molar-refractivity contribution in [1.29, 1.82) is 0 Å². The summed E-state index contributed by atoms with van der Waals surface area (Å²) < 4.78 is 0. The molecule has 0 radical (unpaired) electrons. The standard InChI is InChI=1S/C21H26N4O7S/c1-10(2)25(11(3)4)6-5-22-18(28)15-9-33-21(23-15)24-17(27)14-7-12(19(29)30)13(20(31)32)8-16(14)26/h7-11,26H,5-6H2,1-4H3,(H,22,28)(H,29,30)(H,31,32)(H,23,24,27). The summed E-state index contributed by atoms with van der Waals surface area (Å²) in [4.78, 5) is 53.6. The molecule has 2 rings (SSSR count). The molecule has 1 aromatic heterocycles. The number of benzene rings is 1. The molecule has 0 atom stereocenters. The van der Waals surface area contributed by atoms with E-state index in [9.17, 15) is 29.4 Å². The summed E-state index contributed by atoms with van der Waals surface area (Å²) >= 11 is 0.968. The second kappa shape index (κ2) is 10.9. The van der Waals surface area contributed by atoms with E-state index in [1.807, 2.05) is 0 Å². The molecule has 0 unspecified atom stereocenters. The van der Waals surface area contributed by atoms with Crippen molar-refractivity contribution in [1.82, 2.24) is 15.2 Å². The zero-order valence-corrected chi connectivity index (χ0v) is 19.4. The van der Waals surface area contributed by atoms with Crippen LogP contribution >= 0.6 is 11.3 Å². The smallest absolute Gasteiger partial charge is 0.336 e. The maximum atomic E-state index is 12.5. The third kappa shape index (κ3) is 6.49. The molecule has 2 aromatic rings. The molecule has 5 N–H and O–H groups in total. The summed E-state index contributed by atoms with van der Waals surface area (Å²) in [6.07, 6.45) is 0. The van der Waals surface area contributed by atoms with Crippen molar-refractivity contribution in [2.75, 3.05) is 18.4 Å². The van der Waals surface area contributed by atoms with Gasteiger partial charge < -0.3 is 20.6 Å². The molecule has 33 heavy (non-hydrogen) atoms. The largest absolute Gasteiger partial charge is 0.507 e. The van der Waals surface area contributed by atoms with E-state index in [0.29, 0.717) is 31.2 Å². The molecule has 0 fully saturated rings. The molecule has 2 amide bonds. The van der Waals surface area contributed by atoms with Gasteiger partial charge in [0.1, 0.15) is 11.4 Å². The number of aromatic nitrogens is 1. The van der Waals surface area contributed by atoms with Crippen molar-refractivity contribution in [2.24, 2.45) is 0 Å². The molecule has 1 heterocycles. The zero-order valence-electron chi connectivity index (χ0n) is 18.6. The molecule has 0 aliphatic carbocycles. The van der Waals surface area contributed by atoms with Crippen LogP contribution in [-0.2, 0) is 0 Å². The normalized spacial score (nSPS) is 11.1. The highest BCUT2D eigenvalue weighted by Gasteiger charge is 2.23. The van der Waals surface area contributed by atoms with Gasteiger partial charge in [-0.2, -0.15) is 0 Å². The van der Waals surface area contributed by atoms with Crippen LogP contribution in [-0.4, -0.2) is 74.1 Å². The van der Waals surface area contributed by atoms with E-state index < -0.39 is 46.2 Å². The monoisotopic (exact) mass is 478 g/mol. The lowest BCUT2D eigenvalue weighted by atomic mass is 10.0. The first-order chi connectivity index (χ1) is 15.4. The summed E-state index contributed by atoms with van der Waals surface area (Å²) in [7, 11) is 0. The van der Waals surface area contributed by atoms with Gasteiger partial charge in [0.25, 0.3) is 11.8 Å². The average Bonchev–Trinajstić information content (AvgIpc) is 3.18. The Labute approximate surface area is 194 Å². The molecule has 178 valence electrons. The van der Waals surface area contributed by atoms with Crippen molar-refractivity contribution >= 4 is 40.2 Å². The van der Waals surface area contributed by atoms with Crippen molar-refractivity contribution in [3.63, 3.8) is 0 Å². The first-order valence-corrected chi connectivity index (χ1v) is 10.9. The summed E-state index contributed by atoms with van der Waals surface area (Å²) in [5.74, 6) is -5.15. The quantitative estimate of drug-likeness (QED) is 0.344. The van der Waals surface area contributed by atoms with Crippen LogP contribution in [0, 0.1) is 0 Å². The van der Waals surface area contributed by atoms with Crippen LogP contribution in [0.25, 0.3) is 0 Å². The zero-order chi connectivity index (χ0) is 24.9. The van der Waals surface area contributed by atoms with Crippen molar-refractivity contribution in [3.8, 4) is 5.75 Å². The fourth-order valence-electron chi connectivity index (χ4n) is 3.23. The highest BCUT2D eigenvalue weighted by Crippen LogP contribution is 2.25. The predicted molar refractivity (Wildman–Crippen MR) is 121 cm³/mol. The second-order valence-electron chi connectivity index (χ2n) is 7.70. The number of aromatic hydroxyl groups is 1. The third-order valence-electron chi connectivity index (χ3n) is 4.78. The van der Waals surface area contributed by atoms with Crippen LogP contribution in [0.15, 0.2) is 17.5 Å². The number of phenolic OH excluding ortho intramolecular Hbond substituents is 1. The lowest BCUT2D eigenvalue weighted by molar-refractivity contribution is 0.0651. The SMILES string of the molecule is CC(C)N(CCNC(=O)c1csc(NC(=O)c2cc(C(=O)O)c(C(=O)O)cc2O)n1)C(C)C. The Hall–Kier alpha value is -3.51. The van der Waals surface area contributed by atoms with Gasteiger partial charge >= 0.3 is 11.9 Å². The number of nitrogens with zero attached hydrogens (tertiary/aromatic N) is 2. The highest BCUT2D eigenvalue weighted by atomic mass is 32.1. The minimum absolute atomic E-state index is 0.0507. The predicted octanol–water partition coefficient (Wildman–Crippen LogP) is 2.35. The Morgan fingerprint density at radius 3 is 2.09 bits per heavy atom. The lowest BCUT2D eigenvalue weighted by Gasteiger charge is -2.30. The molecule has 12 heteroatoms. The van der Waals surface area contributed by atoms with E-state index in [2.05, 4.69) is 48.2 Å². The minimum atomic E-state index is -1.57. The van der Waals surface area contributed by atoms with Crippen LogP contribution in [0.1, 0.15) is 69.3 Å². The summed E-state index contributed by atoms with van der Waals surface area (Å²) in [6.45, 7) is 9.36. The minimum Gasteiger partial charge on any atom is -0.507 e. The molecule has 0 aliphatic heterocycles. The molecular formula is C21H26N4O7S. The Morgan fingerprint density at radius 2 is 1.55 bits per heavy atom. The molecule has 0 saturated heterocycles. The van der Waals surface area contributed by atoms with E-state index in [-0.39, 0.29) is 10.8 Å². The molecule has 0 saturated carbocycles. The number of amides is 2. The Bertz CT molecular complexity index is 1060. The number of carbonyl (C=O) groups is 4. The molecule has 11 nitrogen and oxygen atoms in total. The summed E-state index contributed by atoms with van der Waals surface area (Å²) in [5.41, 5.74) is -1.66. The number of carboxylic acids is 2. The number of carbonyl (C=O) groups excluding carboxylic acids is 2. The molecule has 1 aromatic carbocycles. The van der Waals surface area contributed by atoms with Crippen LogP contribution in [0.4, 0.5) is 5.13 Å². The van der Waals surface area contributed by atoms with Gasteiger partial charge in [-0.05, 0) is 39.8 Å². The number of carboxylic acid groups (broad SMARTS) is 2. The molecule has 0 spiro atoms. The Balaban J connectivity index is 2.07. The Kier molecular flexibility index (Phi) is 8.49. The summed E-state index contributed by atoms with van der Waals surface area (Å²) in [5, 5.41) is 34.9. The average molecular weight is 479 g/mol. The van der Waals surface area contributed by atoms with Gasteiger partial charge in [0, 0.05) is 30.6 Å². The highest BCUT2D eigenvalue weighted by molar-refractivity contribution is 7.14. The van der Waals surface area contributed by atoms with Gasteiger partial charge in [-0.3, -0.25) is 19.8 Å².